The fourth-order valence-corrected chi connectivity index (χ4v) is 3.88. The minimum Gasteiger partial charge on any atom is -0.493 e. The number of anilines is 1. The van der Waals surface area contributed by atoms with Crippen molar-refractivity contribution in [2.75, 3.05) is 32.1 Å². The molecular weight excluding hydrogens is 380 g/mol. The Hall–Kier alpha value is -3.28. The normalized spacial score (nSPS) is 16.9. The zero-order valence-electron chi connectivity index (χ0n) is 17.4. The maximum atomic E-state index is 12.4. The summed E-state index contributed by atoms with van der Waals surface area (Å²) in [7, 11) is 1.56. The number of hydrogen-bond donors (Lipinski definition) is 1. The highest BCUT2D eigenvalue weighted by atomic mass is 16.5. The summed E-state index contributed by atoms with van der Waals surface area (Å²) < 4.78 is 11.2. The van der Waals surface area contributed by atoms with Crippen LogP contribution in [-0.4, -0.2) is 43.5 Å². The van der Waals surface area contributed by atoms with Crippen molar-refractivity contribution in [3.63, 3.8) is 0 Å². The van der Waals surface area contributed by atoms with Crippen LogP contribution < -0.4 is 14.8 Å². The molecule has 6 heteroatoms. The van der Waals surface area contributed by atoms with Gasteiger partial charge in [0.05, 0.1) is 7.11 Å². The lowest BCUT2D eigenvalue weighted by Crippen LogP contribution is -2.38. The molecule has 2 aromatic rings. The summed E-state index contributed by atoms with van der Waals surface area (Å²) in [6, 6.07) is 11.3. The van der Waals surface area contributed by atoms with Crippen LogP contribution >= 0.6 is 0 Å². The van der Waals surface area contributed by atoms with Gasteiger partial charge in [-0.3, -0.25) is 9.59 Å². The van der Waals surface area contributed by atoms with E-state index < -0.39 is 0 Å². The van der Waals surface area contributed by atoms with E-state index in [-0.39, 0.29) is 18.4 Å². The van der Waals surface area contributed by atoms with Gasteiger partial charge < -0.3 is 19.7 Å². The van der Waals surface area contributed by atoms with Crippen LogP contribution in [0.2, 0.25) is 0 Å². The van der Waals surface area contributed by atoms with Crippen molar-refractivity contribution in [3.8, 4) is 11.5 Å². The van der Waals surface area contributed by atoms with E-state index in [0.717, 1.165) is 48.3 Å². The smallest absolute Gasteiger partial charge is 0.260 e. The summed E-state index contributed by atoms with van der Waals surface area (Å²) in [5, 5.41) is 2.89. The number of carbonyl (C=O) groups excluding carboxylic acids is 2. The standard InChI is InChI=1S/C24H26N2O4/c1-16-6-8-20-18(12-16)19(24(28)25-20)13-17-7-9-21(22(14-17)29-2)30-15-23(27)26-10-4-3-5-11-26/h6-9,12-14H,3-5,10-11,15H2,1-2H3,(H,25,28)/b19-13-. The molecule has 0 unspecified atom stereocenters. The number of carbonyl (C=O) groups is 2. The Balaban J connectivity index is 1.51. The van der Waals surface area contributed by atoms with Gasteiger partial charge in [-0.1, -0.05) is 17.7 Å². The number of likely N-dealkylation sites (tertiary alicyclic amines) is 1. The Morgan fingerprint density at radius 2 is 1.90 bits per heavy atom. The lowest BCUT2D eigenvalue weighted by Gasteiger charge is -2.26. The monoisotopic (exact) mass is 406 g/mol. The van der Waals surface area contributed by atoms with Gasteiger partial charge in [-0.15, -0.1) is 0 Å². The molecule has 2 aromatic carbocycles. The number of aryl methyl sites for hydroxylation is 1. The van der Waals surface area contributed by atoms with Crippen LogP contribution in [0.25, 0.3) is 11.6 Å². The third kappa shape index (κ3) is 4.17. The molecule has 2 aliphatic heterocycles. The molecule has 156 valence electrons. The first-order chi connectivity index (χ1) is 14.5. The second kappa shape index (κ2) is 8.61. The van der Waals surface area contributed by atoms with Crippen LogP contribution in [0.3, 0.4) is 0 Å². The van der Waals surface area contributed by atoms with Gasteiger partial charge in [0.2, 0.25) is 0 Å². The maximum Gasteiger partial charge on any atom is 0.260 e. The van der Waals surface area contributed by atoms with Crippen molar-refractivity contribution in [3.05, 3.63) is 53.1 Å². The highest BCUT2D eigenvalue weighted by Crippen LogP contribution is 2.35. The lowest BCUT2D eigenvalue weighted by atomic mass is 10.0. The van der Waals surface area contributed by atoms with Gasteiger partial charge >= 0.3 is 0 Å². The molecule has 1 N–H and O–H groups in total. The van der Waals surface area contributed by atoms with Gasteiger partial charge in [0, 0.05) is 29.9 Å². The van der Waals surface area contributed by atoms with E-state index in [2.05, 4.69) is 5.32 Å². The van der Waals surface area contributed by atoms with E-state index in [1.54, 1.807) is 13.2 Å². The largest absolute Gasteiger partial charge is 0.493 e. The molecule has 30 heavy (non-hydrogen) atoms. The minimum absolute atomic E-state index is 0.00227. The van der Waals surface area contributed by atoms with Crippen molar-refractivity contribution in [1.29, 1.82) is 0 Å². The second-order valence-corrected chi connectivity index (χ2v) is 7.70. The SMILES string of the molecule is COc1cc(/C=C2\C(=O)Nc3ccc(C)cc32)ccc1OCC(=O)N1CCCCC1. The first-order valence-electron chi connectivity index (χ1n) is 10.3. The first-order valence-corrected chi connectivity index (χ1v) is 10.3. The number of fused-ring (bicyclic) bond motifs is 1. The second-order valence-electron chi connectivity index (χ2n) is 7.70. The van der Waals surface area contributed by atoms with Gasteiger partial charge in [-0.25, -0.2) is 0 Å². The molecule has 2 amide bonds. The average molecular weight is 406 g/mol. The fraction of sp³-hybridized carbons (Fsp3) is 0.333. The van der Waals surface area contributed by atoms with E-state index in [0.29, 0.717) is 17.1 Å². The van der Waals surface area contributed by atoms with Crippen LogP contribution in [-0.2, 0) is 9.59 Å². The molecule has 1 fully saturated rings. The number of amides is 2. The van der Waals surface area contributed by atoms with Crippen LogP contribution in [0, 0.1) is 6.92 Å². The Bertz CT molecular complexity index is 1010. The van der Waals surface area contributed by atoms with Crippen molar-refractivity contribution >= 4 is 29.2 Å². The molecule has 0 saturated carbocycles. The van der Waals surface area contributed by atoms with Crippen molar-refractivity contribution in [2.45, 2.75) is 26.2 Å². The summed E-state index contributed by atoms with van der Waals surface area (Å²) in [4.78, 5) is 26.6. The van der Waals surface area contributed by atoms with E-state index in [1.807, 2.05) is 48.2 Å². The number of benzene rings is 2. The van der Waals surface area contributed by atoms with E-state index in [9.17, 15) is 9.59 Å². The number of methoxy groups -OCH3 is 1. The molecule has 2 aliphatic rings. The Morgan fingerprint density at radius 3 is 2.67 bits per heavy atom. The van der Waals surface area contributed by atoms with Crippen molar-refractivity contribution in [2.24, 2.45) is 0 Å². The highest BCUT2D eigenvalue weighted by molar-refractivity contribution is 6.34. The fourth-order valence-electron chi connectivity index (χ4n) is 3.88. The molecule has 1 saturated heterocycles. The molecule has 0 bridgehead atoms. The van der Waals surface area contributed by atoms with Gasteiger partial charge in [-0.05, 0) is 62.1 Å². The van der Waals surface area contributed by atoms with Gasteiger partial charge in [0.15, 0.2) is 18.1 Å². The van der Waals surface area contributed by atoms with Crippen LogP contribution in [0.15, 0.2) is 36.4 Å². The Morgan fingerprint density at radius 1 is 1.10 bits per heavy atom. The zero-order valence-corrected chi connectivity index (χ0v) is 17.4. The molecule has 0 spiro atoms. The molecule has 6 nitrogen and oxygen atoms in total. The quantitative estimate of drug-likeness (QED) is 0.765. The van der Waals surface area contributed by atoms with Crippen molar-refractivity contribution in [1.82, 2.24) is 4.90 Å². The van der Waals surface area contributed by atoms with Crippen LogP contribution in [0.1, 0.15) is 36.0 Å². The molecular formula is C24H26N2O4. The molecule has 4 rings (SSSR count). The number of rotatable bonds is 5. The third-order valence-electron chi connectivity index (χ3n) is 5.52. The van der Waals surface area contributed by atoms with E-state index >= 15 is 0 Å². The summed E-state index contributed by atoms with van der Waals surface area (Å²) in [5.74, 6) is 0.912. The molecule has 0 atom stereocenters. The van der Waals surface area contributed by atoms with Crippen LogP contribution in [0.5, 0.6) is 11.5 Å². The maximum absolute atomic E-state index is 12.4. The Labute approximate surface area is 176 Å². The topological polar surface area (TPSA) is 67.9 Å². The van der Waals surface area contributed by atoms with Crippen LogP contribution in [0.4, 0.5) is 5.69 Å². The zero-order chi connectivity index (χ0) is 21.1. The summed E-state index contributed by atoms with van der Waals surface area (Å²) >= 11 is 0. The molecule has 2 heterocycles. The molecule has 0 aromatic heterocycles. The summed E-state index contributed by atoms with van der Waals surface area (Å²) in [5.41, 5.74) is 4.24. The lowest BCUT2D eigenvalue weighted by molar-refractivity contribution is -0.134. The molecule has 0 radical (unpaired) electrons. The number of nitrogens with zero attached hydrogens (tertiary/aromatic N) is 1. The summed E-state index contributed by atoms with van der Waals surface area (Å²) in [6.45, 7) is 3.59. The van der Waals surface area contributed by atoms with E-state index in [4.69, 9.17) is 9.47 Å². The number of hydrogen-bond acceptors (Lipinski definition) is 4. The van der Waals surface area contributed by atoms with Gasteiger partial charge in [0.1, 0.15) is 0 Å². The number of piperidine rings is 1. The van der Waals surface area contributed by atoms with E-state index in [1.165, 1.54) is 6.42 Å². The third-order valence-corrected chi connectivity index (χ3v) is 5.52. The van der Waals surface area contributed by atoms with Crippen molar-refractivity contribution < 1.29 is 19.1 Å². The predicted molar refractivity (Wildman–Crippen MR) is 117 cm³/mol. The molecule has 0 aliphatic carbocycles. The predicted octanol–water partition coefficient (Wildman–Crippen LogP) is 3.89. The highest BCUT2D eigenvalue weighted by Gasteiger charge is 2.24. The summed E-state index contributed by atoms with van der Waals surface area (Å²) in [6.07, 6.45) is 5.12. The number of ether oxygens (including phenoxy) is 2. The van der Waals surface area contributed by atoms with Gasteiger partial charge in [0.25, 0.3) is 11.8 Å². The Kier molecular flexibility index (Phi) is 5.74. The first kappa shape index (κ1) is 20.0. The number of nitrogens with one attached hydrogen (secondary N) is 1. The van der Waals surface area contributed by atoms with Gasteiger partial charge in [-0.2, -0.15) is 0 Å². The average Bonchev–Trinajstić information content (AvgIpc) is 3.07. The minimum atomic E-state index is -0.123.